The number of nitrogens with zero attached hydrogens (tertiary/aromatic N) is 2. The van der Waals surface area contributed by atoms with Gasteiger partial charge in [0.2, 0.25) is 0 Å². The number of hydrogen-bond donors (Lipinski definition) is 0. The maximum Gasteiger partial charge on any atom is 0.0979 e. The Labute approximate surface area is 333 Å². The van der Waals surface area contributed by atoms with Crippen LogP contribution in [0.1, 0.15) is 0 Å². The van der Waals surface area contributed by atoms with E-state index in [1.807, 2.05) is 17.5 Å². The molecule has 0 N–H and O–H groups in total. The first kappa shape index (κ1) is 32.1. The maximum absolute atomic E-state index is 5.30. The lowest BCUT2D eigenvalue weighted by molar-refractivity contribution is 1.31. The van der Waals surface area contributed by atoms with E-state index in [1.54, 1.807) is 0 Å². The van der Waals surface area contributed by atoms with Gasteiger partial charge in [-0.05, 0) is 90.0 Å². The number of rotatable bonds is 4. The molecule has 0 fully saturated rings. The molecule has 0 aliphatic heterocycles. The van der Waals surface area contributed by atoms with Crippen molar-refractivity contribution in [3.63, 3.8) is 0 Å². The minimum Gasteiger partial charge on any atom is -0.252 e. The van der Waals surface area contributed by atoms with Crippen LogP contribution in [0.15, 0.2) is 194 Å². The van der Waals surface area contributed by atoms with Gasteiger partial charge < -0.3 is 0 Å². The summed E-state index contributed by atoms with van der Waals surface area (Å²) in [6.07, 6.45) is 1.93. The summed E-state index contributed by atoms with van der Waals surface area (Å²) in [4.78, 5) is 10.3. The summed E-state index contributed by atoms with van der Waals surface area (Å²) in [6, 6.07) is 68.4. The number of aromatic nitrogens is 2. The largest absolute Gasteiger partial charge is 0.252 e. The summed E-state index contributed by atoms with van der Waals surface area (Å²) in [5, 5.41) is 12.2. The van der Waals surface area contributed by atoms with Gasteiger partial charge in [-0.2, -0.15) is 0 Å². The first-order valence-corrected chi connectivity index (χ1v) is 20.2. The summed E-state index contributed by atoms with van der Waals surface area (Å²) >= 11 is 1.86. The molecule has 2 heterocycles. The molecule has 0 bridgehead atoms. The average Bonchev–Trinajstić information content (AvgIpc) is 3.66. The number of thiophene rings is 1. The van der Waals surface area contributed by atoms with Gasteiger partial charge in [0.1, 0.15) is 0 Å². The van der Waals surface area contributed by atoms with E-state index in [9.17, 15) is 0 Å². The lowest BCUT2D eigenvalue weighted by Gasteiger charge is -2.15. The van der Waals surface area contributed by atoms with Crippen LogP contribution < -0.4 is 0 Å². The molecule has 0 aliphatic rings. The topological polar surface area (TPSA) is 25.8 Å². The molecule has 0 saturated heterocycles. The van der Waals surface area contributed by atoms with Crippen molar-refractivity contribution in [3.05, 3.63) is 194 Å². The zero-order chi connectivity index (χ0) is 37.5. The van der Waals surface area contributed by atoms with Crippen LogP contribution in [-0.2, 0) is 0 Å². The van der Waals surface area contributed by atoms with Crippen LogP contribution in [0.3, 0.4) is 0 Å². The van der Waals surface area contributed by atoms with Crippen molar-refractivity contribution in [1.29, 1.82) is 0 Å². The number of hydrogen-bond acceptors (Lipinski definition) is 3. The molecule has 57 heavy (non-hydrogen) atoms. The van der Waals surface area contributed by atoms with E-state index >= 15 is 0 Å². The molecule has 2 aromatic heterocycles. The third-order valence-electron chi connectivity index (χ3n) is 11.7. The molecule has 3 heteroatoms. The molecule has 12 aromatic rings. The van der Waals surface area contributed by atoms with Crippen LogP contribution in [0.4, 0.5) is 0 Å². The standard InChI is InChI=1S/C54H32N2S/c1-3-17-47-44(14-1)45-15-2-4-18-48(45)54-53(47)55-32-50(56-54)35-13-7-12-33(30-35)36-19-8-23-40-38(36)21-10-25-42(40)43-26-11-22-39-37(20-9-24-41(39)43)34-28-29-52-49(31-34)46-16-5-6-27-51(46)57-52/h1-32H. The van der Waals surface area contributed by atoms with Gasteiger partial charge in [-0.3, -0.25) is 4.98 Å². The van der Waals surface area contributed by atoms with Crippen molar-refractivity contribution < 1.29 is 0 Å². The Morgan fingerprint density at radius 2 is 0.772 bits per heavy atom. The van der Waals surface area contributed by atoms with Crippen LogP contribution in [0.2, 0.25) is 0 Å². The molecular formula is C54H32N2S. The van der Waals surface area contributed by atoms with E-state index in [2.05, 4.69) is 188 Å². The SMILES string of the molecule is c1cc(-c2cnc3c4ccccc4c4ccccc4c3n2)cc(-c2cccc3c(-c4cccc5c(-c6ccc7sc8ccccc8c7c6)cccc45)cccc23)c1. The predicted octanol–water partition coefficient (Wildman–Crippen LogP) is 15.3. The Kier molecular flexibility index (Phi) is 7.13. The highest BCUT2D eigenvalue weighted by Gasteiger charge is 2.16. The van der Waals surface area contributed by atoms with Gasteiger partial charge in [0.05, 0.1) is 22.9 Å². The van der Waals surface area contributed by atoms with E-state index in [0.29, 0.717) is 0 Å². The third kappa shape index (κ3) is 5.03. The molecule has 264 valence electrons. The van der Waals surface area contributed by atoms with Crippen LogP contribution in [0, 0.1) is 0 Å². The van der Waals surface area contributed by atoms with Crippen LogP contribution in [0.5, 0.6) is 0 Å². The van der Waals surface area contributed by atoms with Gasteiger partial charge in [-0.25, -0.2) is 4.98 Å². The van der Waals surface area contributed by atoms with Crippen LogP contribution >= 0.6 is 11.3 Å². The Hall–Kier alpha value is -7.20. The molecule has 0 atom stereocenters. The Morgan fingerprint density at radius 3 is 1.44 bits per heavy atom. The Bertz CT molecular complexity index is 3560. The molecule has 10 aromatic carbocycles. The van der Waals surface area contributed by atoms with Gasteiger partial charge in [0.25, 0.3) is 0 Å². The van der Waals surface area contributed by atoms with E-state index in [0.717, 1.165) is 38.6 Å². The van der Waals surface area contributed by atoms with E-state index in [1.165, 1.54) is 80.3 Å². The second-order valence-corrected chi connectivity index (χ2v) is 15.9. The molecule has 0 aliphatic carbocycles. The Balaban J connectivity index is 0.975. The summed E-state index contributed by atoms with van der Waals surface area (Å²) in [7, 11) is 0. The van der Waals surface area contributed by atoms with Crippen LogP contribution in [0.25, 0.3) is 119 Å². The summed E-state index contributed by atoms with van der Waals surface area (Å²) < 4.78 is 2.65. The fraction of sp³-hybridized carbons (Fsp3) is 0. The van der Waals surface area contributed by atoms with Crippen molar-refractivity contribution in [3.8, 4) is 44.6 Å². The van der Waals surface area contributed by atoms with Gasteiger partial charge >= 0.3 is 0 Å². The normalized spacial score (nSPS) is 11.9. The highest BCUT2D eigenvalue weighted by atomic mass is 32.1. The molecule has 0 saturated carbocycles. The minimum absolute atomic E-state index is 0.864. The van der Waals surface area contributed by atoms with Crippen molar-refractivity contribution in [2.45, 2.75) is 0 Å². The van der Waals surface area contributed by atoms with Crippen molar-refractivity contribution in [1.82, 2.24) is 9.97 Å². The molecule has 12 rings (SSSR count). The van der Waals surface area contributed by atoms with Crippen LogP contribution in [-0.4, -0.2) is 9.97 Å². The highest BCUT2D eigenvalue weighted by molar-refractivity contribution is 7.25. The van der Waals surface area contributed by atoms with Crippen molar-refractivity contribution >= 4 is 85.6 Å². The molecule has 2 nitrogen and oxygen atoms in total. The third-order valence-corrected chi connectivity index (χ3v) is 12.9. The zero-order valence-electron chi connectivity index (χ0n) is 30.8. The number of benzene rings is 10. The molecule has 0 spiro atoms. The van der Waals surface area contributed by atoms with Gasteiger partial charge in [0, 0.05) is 36.5 Å². The highest BCUT2D eigenvalue weighted by Crippen LogP contribution is 2.42. The molecular weight excluding hydrogens is 709 g/mol. The second kappa shape index (κ2) is 12.7. The molecule has 0 unspecified atom stereocenters. The number of fused-ring (bicyclic) bond motifs is 11. The Morgan fingerprint density at radius 1 is 0.298 bits per heavy atom. The summed E-state index contributed by atoms with van der Waals surface area (Å²) in [5.41, 5.74) is 11.1. The monoisotopic (exact) mass is 740 g/mol. The zero-order valence-corrected chi connectivity index (χ0v) is 31.6. The predicted molar refractivity (Wildman–Crippen MR) is 244 cm³/mol. The van der Waals surface area contributed by atoms with E-state index in [4.69, 9.17) is 9.97 Å². The van der Waals surface area contributed by atoms with Gasteiger partial charge in [0.15, 0.2) is 0 Å². The van der Waals surface area contributed by atoms with E-state index < -0.39 is 0 Å². The first-order chi connectivity index (χ1) is 28.3. The molecule has 0 amide bonds. The fourth-order valence-electron chi connectivity index (χ4n) is 9.09. The lowest BCUT2D eigenvalue weighted by atomic mass is 9.89. The summed E-state index contributed by atoms with van der Waals surface area (Å²) in [6.45, 7) is 0. The summed E-state index contributed by atoms with van der Waals surface area (Å²) in [5.74, 6) is 0. The quantitative estimate of drug-likeness (QED) is 0.168. The first-order valence-electron chi connectivity index (χ1n) is 19.4. The van der Waals surface area contributed by atoms with Crippen molar-refractivity contribution in [2.24, 2.45) is 0 Å². The average molecular weight is 741 g/mol. The lowest BCUT2D eigenvalue weighted by Crippen LogP contribution is -1.92. The minimum atomic E-state index is 0.864. The smallest absolute Gasteiger partial charge is 0.0979 e. The molecule has 0 radical (unpaired) electrons. The fourth-order valence-corrected chi connectivity index (χ4v) is 10.2. The second-order valence-electron chi connectivity index (χ2n) is 14.8. The maximum atomic E-state index is 5.30. The van der Waals surface area contributed by atoms with E-state index in [-0.39, 0.29) is 0 Å². The van der Waals surface area contributed by atoms with Crippen molar-refractivity contribution in [2.75, 3.05) is 0 Å². The van der Waals surface area contributed by atoms with Gasteiger partial charge in [-0.15, -0.1) is 11.3 Å². The van der Waals surface area contributed by atoms with Gasteiger partial charge in [-0.1, -0.05) is 164 Å².